The molecule has 0 saturated heterocycles. The van der Waals surface area contributed by atoms with Crippen molar-refractivity contribution in [3.8, 4) is 0 Å². The molecule has 3 N–H and O–H groups in total. The van der Waals surface area contributed by atoms with E-state index in [1.807, 2.05) is 31.2 Å². The highest BCUT2D eigenvalue weighted by Crippen LogP contribution is 2.10. The SMILES string of the molecule is Cc1cccc(CNS(=O)(=O)c2ccc(C(N)=S)nc2)c1. The number of sulfonamides is 1. The molecule has 0 aliphatic heterocycles. The summed E-state index contributed by atoms with van der Waals surface area (Å²) < 4.78 is 26.8. The summed E-state index contributed by atoms with van der Waals surface area (Å²) in [5.41, 5.74) is 7.79. The lowest BCUT2D eigenvalue weighted by atomic mass is 10.1. The van der Waals surface area contributed by atoms with Crippen molar-refractivity contribution in [2.45, 2.75) is 18.4 Å². The van der Waals surface area contributed by atoms with Crippen LogP contribution < -0.4 is 10.5 Å². The van der Waals surface area contributed by atoms with E-state index < -0.39 is 10.0 Å². The summed E-state index contributed by atoms with van der Waals surface area (Å²) in [5, 5.41) is 0. The van der Waals surface area contributed by atoms with Gasteiger partial charge in [0.05, 0.1) is 5.69 Å². The molecular weight excluding hydrogens is 306 g/mol. The molecule has 0 unspecified atom stereocenters. The standard InChI is InChI=1S/C14H15N3O2S2/c1-10-3-2-4-11(7-10)8-17-21(18,19)12-5-6-13(14(15)20)16-9-12/h2-7,9,17H,8H2,1H3,(H2,15,20). The highest BCUT2D eigenvalue weighted by Gasteiger charge is 2.14. The van der Waals surface area contributed by atoms with Gasteiger partial charge in [-0.05, 0) is 24.6 Å². The molecule has 0 amide bonds. The number of hydrogen-bond donors (Lipinski definition) is 2. The van der Waals surface area contributed by atoms with Gasteiger partial charge < -0.3 is 5.73 Å². The molecule has 0 aliphatic rings. The van der Waals surface area contributed by atoms with Gasteiger partial charge >= 0.3 is 0 Å². The van der Waals surface area contributed by atoms with Crippen LogP contribution in [0.25, 0.3) is 0 Å². The molecule has 0 fully saturated rings. The number of nitrogens with zero attached hydrogens (tertiary/aromatic N) is 1. The zero-order chi connectivity index (χ0) is 15.5. The van der Waals surface area contributed by atoms with Crippen molar-refractivity contribution < 1.29 is 8.42 Å². The minimum Gasteiger partial charge on any atom is -0.388 e. The highest BCUT2D eigenvalue weighted by molar-refractivity contribution is 7.89. The molecule has 7 heteroatoms. The Bertz CT molecular complexity index is 756. The van der Waals surface area contributed by atoms with E-state index in [1.165, 1.54) is 18.3 Å². The van der Waals surface area contributed by atoms with E-state index in [1.54, 1.807) is 0 Å². The fourth-order valence-electron chi connectivity index (χ4n) is 1.77. The first kappa shape index (κ1) is 15.6. The summed E-state index contributed by atoms with van der Waals surface area (Å²) in [4.78, 5) is 4.14. The topological polar surface area (TPSA) is 85.1 Å². The zero-order valence-electron chi connectivity index (χ0n) is 11.4. The van der Waals surface area contributed by atoms with Crippen LogP contribution in [0.1, 0.15) is 16.8 Å². The Labute approximate surface area is 129 Å². The maximum atomic E-state index is 12.2. The molecule has 110 valence electrons. The first-order chi connectivity index (χ1) is 9.88. The van der Waals surface area contributed by atoms with Crippen LogP contribution in [-0.4, -0.2) is 18.4 Å². The van der Waals surface area contributed by atoms with Crippen molar-refractivity contribution >= 4 is 27.2 Å². The van der Waals surface area contributed by atoms with Crippen LogP contribution in [0.3, 0.4) is 0 Å². The molecular formula is C14H15N3O2S2. The minimum absolute atomic E-state index is 0.0788. The summed E-state index contributed by atoms with van der Waals surface area (Å²) >= 11 is 4.78. The fraction of sp³-hybridized carbons (Fsp3) is 0.143. The van der Waals surface area contributed by atoms with Gasteiger partial charge in [-0.2, -0.15) is 0 Å². The summed E-state index contributed by atoms with van der Waals surface area (Å²) in [6, 6.07) is 10.6. The van der Waals surface area contributed by atoms with E-state index >= 15 is 0 Å². The lowest BCUT2D eigenvalue weighted by Crippen LogP contribution is -2.23. The lowest BCUT2D eigenvalue weighted by molar-refractivity contribution is 0.581. The number of rotatable bonds is 5. The summed E-state index contributed by atoms with van der Waals surface area (Å²) in [6.45, 7) is 2.18. The Balaban J connectivity index is 2.13. The van der Waals surface area contributed by atoms with Crippen molar-refractivity contribution in [1.82, 2.24) is 9.71 Å². The summed E-state index contributed by atoms with van der Waals surface area (Å²) in [7, 11) is -3.61. The predicted molar refractivity (Wildman–Crippen MR) is 85.3 cm³/mol. The Hall–Kier alpha value is -1.83. The number of pyridine rings is 1. The Morgan fingerprint density at radius 2 is 2.10 bits per heavy atom. The van der Waals surface area contributed by atoms with Gasteiger partial charge in [0.1, 0.15) is 9.88 Å². The van der Waals surface area contributed by atoms with E-state index in [-0.39, 0.29) is 16.4 Å². The molecule has 5 nitrogen and oxygen atoms in total. The van der Waals surface area contributed by atoms with Gasteiger partial charge in [-0.25, -0.2) is 13.1 Å². The maximum Gasteiger partial charge on any atom is 0.242 e. The lowest BCUT2D eigenvalue weighted by Gasteiger charge is -2.07. The zero-order valence-corrected chi connectivity index (χ0v) is 13.0. The van der Waals surface area contributed by atoms with Crippen LogP contribution in [0.15, 0.2) is 47.5 Å². The number of thiocarbonyl (C=S) groups is 1. The van der Waals surface area contributed by atoms with E-state index in [0.29, 0.717) is 5.69 Å². The van der Waals surface area contributed by atoms with Crippen LogP contribution in [0.4, 0.5) is 0 Å². The van der Waals surface area contributed by atoms with E-state index in [9.17, 15) is 8.42 Å². The third kappa shape index (κ3) is 4.07. The van der Waals surface area contributed by atoms with Gasteiger partial charge in [-0.15, -0.1) is 0 Å². The fourth-order valence-corrected chi connectivity index (χ4v) is 2.85. The molecule has 1 heterocycles. The third-order valence-electron chi connectivity index (χ3n) is 2.85. The number of aromatic nitrogens is 1. The molecule has 0 radical (unpaired) electrons. The molecule has 0 spiro atoms. The number of aryl methyl sites for hydroxylation is 1. The molecule has 2 aromatic rings. The van der Waals surface area contributed by atoms with Gasteiger partial charge in [0.2, 0.25) is 10.0 Å². The first-order valence-corrected chi connectivity index (χ1v) is 8.09. The first-order valence-electron chi connectivity index (χ1n) is 6.19. The summed E-state index contributed by atoms with van der Waals surface area (Å²) in [6.07, 6.45) is 1.24. The molecule has 0 aliphatic carbocycles. The molecule has 2 rings (SSSR count). The van der Waals surface area contributed by atoms with E-state index in [2.05, 4.69) is 9.71 Å². The molecule has 1 aromatic heterocycles. The van der Waals surface area contributed by atoms with Crippen LogP contribution in [0, 0.1) is 6.92 Å². The van der Waals surface area contributed by atoms with Crippen LogP contribution in [0.2, 0.25) is 0 Å². The molecule has 0 saturated carbocycles. The van der Waals surface area contributed by atoms with Gasteiger partial charge in [-0.1, -0.05) is 42.0 Å². The second-order valence-corrected chi connectivity index (χ2v) is 6.76. The largest absolute Gasteiger partial charge is 0.388 e. The van der Waals surface area contributed by atoms with E-state index in [4.69, 9.17) is 18.0 Å². The molecule has 0 bridgehead atoms. The average Bonchev–Trinajstić information content (AvgIpc) is 2.45. The van der Waals surface area contributed by atoms with Gasteiger partial charge in [0, 0.05) is 12.7 Å². The number of nitrogens with two attached hydrogens (primary N) is 1. The average molecular weight is 321 g/mol. The maximum absolute atomic E-state index is 12.2. The van der Waals surface area contributed by atoms with Crippen LogP contribution in [-0.2, 0) is 16.6 Å². The van der Waals surface area contributed by atoms with Crippen molar-refractivity contribution in [2.75, 3.05) is 0 Å². The van der Waals surface area contributed by atoms with Gasteiger partial charge in [0.25, 0.3) is 0 Å². The number of nitrogens with one attached hydrogen (secondary N) is 1. The van der Waals surface area contributed by atoms with Crippen molar-refractivity contribution in [3.05, 3.63) is 59.4 Å². The molecule has 1 aromatic carbocycles. The van der Waals surface area contributed by atoms with Crippen molar-refractivity contribution in [2.24, 2.45) is 5.73 Å². The van der Waals surface area contributed by atoms with Crippen molar-refractivity contribution in [3.63, 3.8) is 0 Å². The van der Waals surface area contributed by atoms with Gasteiger partial charge in [0.15, 0.2) is 0 Å². The summed E-state index contributed by atoms with van der Waals surface area (Å²) in [5.74, 6) is 0. The quantitative estimate of drug-likeness (QED) is 0.815. The minimum atomic E-state index is -3.61. The predicted octanol–water partition coefficient (Wildman–Crippen LogP) is 1.50. The Morgan fingerprint density at radius 1 is 1.33 bits per heavy atom. The second kappa shape index (κ2) is 6.30. The second-order valence-electron chi connectivity index (χ2n) is 4.56. The number of benzene rings is 1. The number of hydrogen-bond acceptors (Lipinski definition) is 4. The monoisotopic (exact) mass is 321 g/mol. The molecule has 0 atom stereocenters. The third-order valence-corrected chi connectivity index (χ3v) is 4.44. The van der Waals surface area contributed by atoms with Crippen molar-refractivity contribution in [1.29, 1.82) is 0 Å². The normalized spacial score (nSPS) is 11.3. The Kier molecular flexibility index (Phi) is 4.66. The Morgan fingerprint density at radius 3 is 2.67 bits per heavy atom. The van der Waals surface area contributed by atoms with Gasteiger partial charge in [-0.3, -0.25) is 4.98 Å². The van der Waals surface area contributed by atoms with Crippen LogP contribution >= 0.6 is 12.2 Å². The van der Waals surface area contributed by atoms with Crippen LogP contribution in [0.5, 0.6) is 0 Å². The molecule has 21 heavy (non-hydrogen) atoms. The smallest absolute Gasteiger partial charge is 0.242 e. The van der Waals surface area contributed by atoms with E-state index in [0.717, 1.165) is 11.1 Å². The highest BCUT2D eigenvalue weighted by atomic mass is 32.2.